The molecule has 0 fully saturated rings. The summed E-state index contributed by atoms with van der Waals surface area (Å²) in [6.07, 6.45) is 6.95. The predicted octanol–water partition coefficient (Wildman–Crippen LogP) is 2.12. The maximum absolute atomic E-state index is 11.6. The zero-order valence-electron chi connectivity index (χ0n) is 11.3. The van der Waals surface area contributed by atoms with Crippen LogP contribution in [0.4, 0.5) is 0 Å². The molecule has 2 aromatic rings. The number of rotatable bonds is 3. The van der Waals surface area contributed by atoms with Crippen molar-refractivity contribution in [2.45, 2.75) is 19.8 Å². The molecule has 1 aromatic heterocycles. The van der Waals surface area contributed by atoms with Crippen LogP contribution in [0.5, 0.6) is 0 Å². The molecule has 0 saturated carbocycles. The molecule has 0 saturated heterocycles. The molecule has 5 heteroatoms. The third-order valence-corrected chi connectivity index (χ3v) is 3.61. The molecule has 1 amide bonds. The lowest BCUT2D eigenvalue weighted by atomic mass is 9.93. The van der Waals surface area contributed by atoms with Gasteiger partial charge in [0.2, 0.25) is 5.91 Å². The van der Waals surface area contributed by atoms with Gasteiger partial charge in [-0.3, -0.25) is 4.79 Å². The third-order valence-electron chi connectivity index (χ3n) is 3.61. The molecule has 1 atom stereocenters. The Morgan fingerprint density at radius 2 is 2.15 bits per heavy atom. The Bertz CT molecular complexity index is 628. The smallest absolute Gasteiger partial charge is 0.243 e. The van der Waals surface area contributed by atoms with Crippen molar-refractivity contribution in [1.82, 2.24) is 15.0 Å². The Hall–Kier alpha value is -2.43. The van der Waals surface area contributed by atoms with Crippen LogP contribution in [0.25, 0.3) is 5.69 Å². The van der Waals surface area contributed by atoms with E-state index in [2.05, 4.69) is 15.5 Å². The number of imidazole rings is 1. The standard InChI is InChI=1S/C15H16N4O/c1-2-11-9-14(17-18-15(11)20)12-3-5-13(6-4-12)19-8-7-16-10-19/h3-8,10-11H,2,9H2,1H3,(H,18,20). The SMILES string of the molecule is CCC1CC(c2ccc(-n3ccnc3)cc2)=NNC1=O. The molecule has 1 aromatic carbocycles. The van der Waals surface area contributed by atoms with Crippen LogP contribution in [0.15, 0.2) is 48.1 Å². The first-order chi connectivity index (χ1) is 9.78. The molecule has 102 valence electrons. The summed E-state index contributed by atoms with van der Waals surface area (Å²) in [5.74, 6) is 0.0436. The Balaban J connectivity index is 1.83. The zero-order chi connectivity index (χ0) is 13.9. The molecule has 20 heavy (non-hydrogen) atoms. The molecular formula is C15H16N4O. The van der Waals surface area contributed by atoms with Gasteiger partial charge < -0.3 is 4.57 Å². The maximum atomic E-state index is 11.6. The topological polar surface area (TPSA) is 59.3 Å². The number of carbonyl (C=O) groups excluding carboxylic acids is 1. The Kier molecular flexibility index (Phi) is 3.33. The molecule has 5 nitrogen and oxygen atoms in total. The maximum Gasteiger partial charge on any atom is 0.243 e. The van der Waals surface area contributed by atoms with Crippen LogP contribution in [-0.4, -0.2) is 21.2 Å². The van der Waals surface area contributed by atoms with Gasteiger partial charge in [0.05, 0.1) is 12.0 Å². The minimum Gasteiger partial charge on any atom is -0.306 e. The monoisotopic (exact) mass is 268 g/mol. The zero-order valence-corrected chi connectivity index (χ0v) is 11.3. The van der Waals surface area contributed by atoms with Crippen LogP contribution in [0, 0.1) is 5.92 Å². The average Bonchev–Trinajstić information content (AvgIpc) is 3.02. The number of amides is 1. The molecule has 0 bridgehead atoms. The minimum absolute atomic E-state index is 0.0197. The second kappa shape index (κ2) is 5.28. The number of hydrazone groups is 1. The highest BCUT2D eigenvalue weighted by molar-refractivity contribution is 6.04. The van der Waals surface area contributed by atoms with Crippen molar-refractivity contribution in [3.63, 3.8) is 0 Å². The van der Waals surface area contributed by atoms with Crippen LogP contribution in [0.1, 0.15) is 25.3 Å². The van der Waals surface area contributed by atoms with E-state index in [1.54, 1.807) is 12.5 Å². The molecule has 0 aliphatic carbocycles. The summed E-state index contributed by atoms with van der Waals surface area (Å²) in [5, 5.41) is 4.17. The van der Waals surface area contributed by atoms with Gasteiger partial charge in [0, 0.05) is 30.4 Å². The quantitative estimate of drug-likeness (QED) is 0.927. The fraction of sp³-hybridized carbons (Fsp3) is 0.267. The van der Waals surface area contributed by atoms with E-state index in [-0.39, 0.29) is 11.8 Å². The van der Waals surface area contributed by atoms with Crippen LogP contribution in [0.3, 0.4) is 0 Å². The van der Waals surface area contributed by atoms with E-state index < -0.39 is 0 Å². The summed E-state index contributed by atoms with van der Waals surface area (Å²) in [6.45, 7) is 2.02. The summed E-state index contributed by atoms with van der Waals surface area (Å²) < 4.78 is 1.95. The molecule has 2 heterocycles. The largest absolute Gasteiger partial charge is 0.306 e. The van der Waals surface area contributed by atoms with Crippen molar-refractivity contribution < 1.29 is 4.79 Å². The van der Waals surface area contributed by atoms with Crippen molar-refractivity contribution >= 4 is 11.6 Å². The molecule has 3 rings (SSSR count). The second-order valence-corrected chi connectivity index (χ2v) is 4.86. The number of carbonyl (C=O) groups is 1. The molecule has 0 radical (unpaired) electrons. The van der Waals surface area contributed by atoms with Crippen LogP contribution < -0.4 is 5.43 Å². The van der Waals surface area contributed by atoms with E-state index in [9.17, 15) is 4.79 Å². The van der Waals surface area contributed by atoms with Gasteiger partial charge in [-0.1, -0.05) is 19.1 Å². The normalized spacial score (nSPS) is 18.6. The minimum atomic E-state index is 0.0197. The van der Waals surface area contributed by atoms with Gasteiger partial charge in [0.1, 0.15) is 0 Å². The molecule has 1 unspecified atom stereocenters. The molecule has 1 aliphatic heterocycles. The molecule has 1 N–H and O–H groups in total. The Labute approximate surface area is 117 Å². The van der Waals surface area contributed by atoms with E-state index in [4.69, 9.17) is 0 Å². The first-order valence-corrected chi connectivity index (χ1v) is 6.73. The lowest BCUT2D eigenvalue weighted by molar-refractivity contribution is -0.125. The Morgan fingerprint density at radius 3 is 2.80 bits per heavy atom. The van der Waals surface area contributed by atoms with E-state index >= 15 is 0 Å². The molecule has 0 spiro atoms. The lowest BCUT2D eigenvalue weighted by Crippen LogP contribution is -2.34. The number of benzene rings is 1. The van der Waals surface area contributed by atoms with Crippen molar-refractivity contribution in [2.75, 3.05) is 0 Å². The summed E-state index contributed by atoms with van der Waals surface area (Å²) in [7, 11) is 0. The fourth-order valence-electron chi connectivity index (χ4n) is 2.34. The molecule has 1 aliphatic rings. The molecular weight excluding hydrogens is 252 g/mol. The van der Waals surface area contributed by atoms with Gasteiger partial charge in [0.15, 0.2) is 0 Å². The summed E-state index contributed by atoms with van der Waals surface area (Å²) in [6, 6.07) is 8.10. The van der Waals surface area contributed by atoms with Gasteiger partial charge in [-0.05, 0) is 24.1 Å². The van der Waals surface area contributed by atoms with Crippen molar-refractivity contribution in [3.8, 4) is 5.69 Å². The van der Waals surface area contributed by atoms with E-state index in [1.807, 2.05) is 42.0 Å². The van der Waals surface area contributed by atoms with Gasteiger partial charge in [-0.15, -0.1) is 0 Å². The first kappa shape index (κ1) is 12.6. The van der Waals surface area contributed by atoms with E-state index in [1.165, 1.54) is 0 Å². The van der Waals surface area contributed by atoms with Crippen LogP contribution in [-0.2, 0) is 4.79 Å². The summed E-state index contributed by atoms with van der Waals surface area (Å²) >= 11 is 0. The number of nitrogens with zero attached hydrogens (tertiary/aromatic N) is 3. The number of aromatic nitrogens is 2. The first-order valence-electron chi connectivity index (χ1n) is 6.73. The van der Waals surface area contributed by atoms with E-state index in [0.29, 0.717) is 6.42 Å². The Morgan fingerprint density at radius 1 is 1.35 bits per heavy atom. The fourth-order valence-corrected chi connectivity index (χ4v) is 2.34. The highest BCUT2D eigenvalue weighted by Crippen LogP contribution is 2.19. The van der Waals surface area contributed by atoms with Crippen molar-refractivity contribution in [3.05, 3.63) is 48.5 Å². The van der Waals surface area contributed by atoms with Crippen molar-refractivity contribution in [2.24, 2.45) is 11.0 Å². The van der Waals surface area contributed by atoms with E-state index in [0.717, 1.165) is 23.4 Å². The predicted molar refractivity (Wildman–Crippen MR) is 76.6 cm³/mol. The van der Waals surface area contributed by atoms with Gasteiger partial charge in [-0.25, -0.2) is 10.4 Å². The number of hydrogen-bond acceptors (Lipinski definition) is 3. The van der Waals surface area contributed by atoms with Gasteiger partial charge in [-0.2, -0.15) is 5.10 Å². The number of nitrogens with one attached hydrogen (secondary N) is 1. The van der Waals surface area contributed by atoms with Crippen molar-refractivity contribution in [1.29, 1.82) is 0 Å². The van der Waals surface area contributed by atoms with Gasteiger partial charge >= 0.3 is 0 Å². The van der Waals surface area contributed by atoms with Crippen LogP contribution in [0.2, 0.25) is 0 Å². The number of hydrogen-bond donors (Lipinski definition) is 1. The highest BCUT2D eigenvalue weighted by Gasteiger charge is 2.23. The third kappa shape index (κ3) is 2.34. The van der Waals surface area contributed by atoms with Gasteiger partial charge in [0.25, 0.3) is 0 Å². The average molecular weight is 268 g/mol. The highest BCUT2D eigenvalue weighted by atomic mass is 16.2. The lowest BCUT2D eigenvalue weighted by Gasteiger charge is -2.20. The second-order valence-electron chi connectivity index (χ2n) is 4.86. The summed E-state index contributed by atoms with van der Waals surface area (Å²) in [5.41, 5.74) is 5.65. The summed E-state index contributed by atoms with van der Waals surface area (Å²) in [4.78, 5) is 15.6. The van der Waals surface area contributed by atoms with Crippen LogP contribution >= 0.6 is 0 Å².